The van der Waals surface area contributed by atoms with Gasteiger partial charge in [0.15, 0.2) is 5.82 Å². The second-order valence-electron chi connectivity index (χ2n) is 7.19. The van der Waals surface area contributed by atoms with Crippen LogP contribution in [0.5, 0.6) is 0 Å². The van der Waals surface area contributed by atoms with E-state index in [-0.39, 0.29) is 5.97 Å². The van der Waals surface area contributed by atoms with Crippen molar-refractivity contribution in [2.24, 2.45) is 4.74 Å². The Balaban J connectivity index is 2.03. The summed E-state index contributed by atoms with van der Waals surface area (Å²) in [5.41, 5.74) is 0.464. The number of aromatic nitrogens is 1. The molecule has 6 heteroatoms. The molecular weight excluding hydrogens is 447 g/mol. The van der Waals surface area contributed by atoms with Gasteiger partial charge in [0.1, 0.15) is 5.03 Å². The van der Waals surface area contributed by atoms with Crippen LogP contribution in [0.15, 0.2) is 113 Å². The predicted molar refractivity (Wildman–Crippen MR) is 139 cm³/mol. The molecule has 0 fully saturated rings. The second-order valence-corrected chi connectivity index (χ2v) is 11.0. The molecule has 0 amide bonds. The molecule has 0 saturated carbocycles. The Hall–Kier alpha value is -3.14. The number of hydrogen-bond donors (Lipinski definition) is 0. The van der Waals surface area contributed by atoms with Crippen molar-refractivity contribution in [2.45, 2.75) is 11.9 Å². The molecule has 0 radical (unpaired) electrons. The molecule has 3 aromatic carbocycles. The van der Waals surface area contributed by atoms with Crippen molar-refractivity contribution in [3.8, 4) is 0 Å². The highest BCUT2D eigenvalue weighted by molar-refractivity contribution is 7.98. The molecule has 0 bridgehead atoms. The molecule has 0 N–H and O–H groups in total. The van der Waals surface area contributed by atoms with Gasteiger partial charge >= 0.3 is 5.97 Å². The van der Waals surface area contributed by atoms with E-state index in [0.29, 0.717) is 23.0 Å². The summed E-state index contributed by atoms with van der Waals surface area (Å²) in [6.45, 7) is 2.12. The normalized spacial score (nSPS) is 11.1. The topological polar surface area (TPSA) is 51.5 Å². The maximum atomic E-state index is 12.4. The zero-order valence-corrected chi connectivity index (χ0v) is 20.3. The van der Waals surface area contributed by atoms with Gasteiger partial charge in [0.05, 0.1) is 19.2 Å². The number of pyridine rings is 1. The van der Waals surface area contributed by atoms with Crippen LogP contribution in [-0.2, 0) is 4.74 Å². The van der Waals surface area contributed by atoms with Gasteiger partial charge in [0.25, 0.3) is 0 Å². The van der Waals surface area contributed by atoms with Crippen LogP contribution in [0.3, 0.4) is 0 Å². The predicted octanol–water partition coefficient (Wildman–Crippen LogP) is 5.79. The lowest BCUT2D eigenvalue weighted by Gasteiger charge is -2.26. The van der Waals surface area contributed by atoms with E-state index >= 15 is 0 Å². The number of thioether (sulfide) groups is 1. The zero-order chi connectivity index (χ0) is 23.1. The smallest absolute Gasteiger partial charge is 0.340 e. The Morgan fingerprint density at radius 1 is 0.818 bits per heavy atom. The van der Waals surface area contributed by atoms with Crippen LogP contribution in [0.1, 0.15) is 17.3 Å². The monoisotopic (exact) mass is 472 g/mol. The first kappa shape index (κ1) is 23.0. The van der Waals surface area contributed by atoms with Crippen molar-refractivity contribution in [1.29, 1.82) is 0 Å². The Kier molecular flexibility index (Phi) is 7.43. The Labute approximate surface area is 199 Å². The van der Waals surface area contributed by atoms with Gasteiger partial charge in [-0.1, -0.05) is 91.0 Å². The zero-order valence-electron chi connectivity index (χ0n) is 18.6. The molecule has 166 valence electrons. The van der Waals surface area contributed by atoms with Crippen molar-refractivity contribution < 1.29 is 9.53 Å². The third kappa shape index (κ3) is 4.80. The number of esters is 1. The number of hydrogen-bond acceptors (Lipinski definition) is 5. The molecule has 0 saturated heterocycles. The minimum Gasteiger partial charge on any atom is -0.462 e. The van der Waals surface area contributed by atoms with Gasteiger partial charge in [-0.25, -0.2) is 14.5 Å². The van der Waals surface area contributed by atoms with E-state index in [4.69, 9.17) is 14.5 Å². The first-order valence-corrected chi connectivity index (χ1v) is 13.7. The summed E-state index contributed by atoms with van der Waals surface area (Å²) < 4.78 is 10.6. The molecule has 1 aromatic heterocycles. The average Bonchev–Trinajstić information content (AvgIpc) is 2.89. The van der Waals surface area contributed by atoms with Crippen LogP contribution in [-0.4, -0.2) is 23.8 Å². The summed E-state index contributed by atoms with van der Waals surface area (Å²) in [7, 11) is -2.42. The first-order valence-electron chi connectivity index (χ1n) is 10.7. The molecule has 0 spiro atoms. The highest BCUT2D eigenvalue weighted by atomic mass is 32.2. The maximum Gasteiger partial charge on any atom is 0.340 e. The lowest BCUT2D eigenvalue weighted by atomic mass is 10.3. The van der Waals surface area contributed by atoms with Crippen molar-refractivity contribution in [1.82, 2.24) is 4.98 Å². The Morgan fingerprint density at radius 2 is 1.30 bits per heavy atom. The number of benzene rings is 3. The fourth-order valence-corrected chi connectivity index (χ4v) is 7.74. The second kappa shape index (κ2) is 10.7. The van der Waals surface area contributed by atoms with Crippen LogP contribution < -0.4 is 15.9 Å². The van der Waals surface area contributed by atoms with Gasteiger partial charge in [-0.15, -0.1) is 11.8 Å². The fourth-order valence-electron chi connectivity index (χ4n) is 3.71. The van der Waals surface area contributed by atoms with E-state index in [1.807, 2.05) is 30.5 Å². The maximum absolute atomic E-state index is 12.4. The minimum absolute atomic E-state index is 0.323. The average molecular weight is 473 g/mol. The highest BCUT2D eigenvalue weighted by Crippen LogP contribution is 2.49. The van der Waals surface area contributed by atoms with Crippen LogP contribution in [0.2, 0.25) is 0 Å². The highest BCUT2D eigenvalue weighted by Gasteiger charge is 2.28. The molecule has 4 nitrogen and oxygen atoms in total. The molecule has 0 atom stereocenters. The van der Waals surface area contributed by atoms with Crippen LogP contribution in [0.25, 0.3) is 0 Å². The SMILES string of the molecule is CCOC(=O)c1ccc(N=P(c2ccccc2)(c2ccccc2)c2ccccc2)nc1SC. The quantitative estimate of drug-likeness (QED) is 0.194. The standard InChI is InChI=1S/C27H25N2O2PS/c1-3-31-27(30)24-19-20-25(28-26(24)33-2)29-32(21-13-7-4-8-14-21,22-15-9-5-10-16-22)23-17-11-6-12-18-23/h4-20H,3H2,1-2H3. The molecule has 4 aromatic rings. The van der Waals surface area contributed by atoms with Crippen LogP contribution in [0.4, 0.5) is 5.82 Å². The fraction of sp³-hybridized carbons (Fsp3) is 0.111. The summed E-state index contributed by atoms with van der Waals surface area (Å²) >= 11 is 1.42. The first-order chi connectivity index (χ1) is 16.2. The lowest BCUT2D eigenvalue weighted by molar-refractivity contribution is 0.0521. The summed E-state index contributed by atoms with van der Waals surface area (Å²) in [6, 6.07) is 34.8. The van der Waals surface area contributed by atoms with Crippen molar-refractivity contribution in [3.05, 3.63) is 109 Å². The van der Waals surface area contributed by atoms with Crippen LogP contribution >= 0.6 is 18.8 Å². The number of carbonyl (C=O) groups excluding carboxylic acids is 1. The molecule has 33 heavy (non-hydrogen) atoms. The third-order valence-electron chi connectivity index (χ3n) is 5.18. The lowest BCUT2D eigenvalue weighted by Crippen LogP contribution is -2.25. The number of carbonyl (C=O) groups is 1. The van der Waals surface area contributed by atoms with Crippen LogP contribution in [0, 0.1) is 0 Å². The van der Waals surface area contributed by atoms with Crippen molar-refractivity contribution in [2.75, 3.05) is 12.9 Å². The van der Waals surface area contributed by atoms with Gasteiger partial charge in [-0.3, -0.25) is 0 Å². The molecule has 0 aliphatic rings. The largest absolute Gasteiger partial charge is 0.462 e. The van der Waals surface area contributed by atoms with Crippen molar-refractivity contribution >= 4 is 46.5 Å². The minimum atomic E-state index is -2.42. The van der Waals surface area contributed by atoms with E-state index in [2.05, 4.69) is 72.8 Å². The molecular formula is C27H25N2O2PS. The van der Waals surface area contributed by atoms with E-state index < -0.39 is 7.05 Å². The number of nitrogens with zero attached hydrogens (tertiary/aromatic N) is 2. The number of ether oxygens (including phenoxy) is 1. The Bertz CT molecular complexity index is 1180. The summed E-state index contributed by atoms with van der Waals surface area (Å²) in [5.74, 6) is 0.230. The summed E-state index contributed by atoms with van der Waals surface area (Å²) in [5, 5.41) is 4.04. The van der Waals surface area contributed by atoms with E-state index in [1.165, 1.54) is 11.8 Å². The Morgan fingerprint density at radius 3 is 1.73 bits per heavy atom. The third-order valence-corrected chi connectivity index (χ3v) is 9.52. The van der Waals surface area contributed by atoms with Gasteiger partial charge in [-0.05, 0) is 25.3 Å². The number of rotatable bonds is 7. The van der Waals surface area contributed by atoms with E-state index in [0.717, 1.165) is 15.9 Å². The van der Waals surface area contributed by atoms with Crippen molar-refractivity contribution in [3.63, 3.8) is 0 Å². The van der Waals surface area contributed by atoms with Gasteiger partial charge in [-0.2, -0.15) is 0 Å². The van der Waals surface area contributed by atoms with Gasteiger partial charge in [0, 0.05) is 15.9 Å². The summed E-state index contributed by atoms with van der Waals surface area (Å²) in [6.07, 6.45) is 1.91. The molecule has 0 aliphatic carbocycles. The van der Waals surface area contributed by atoms with Gasteiger partial charge in [0.2, 0.25) is 0 Å². The molecule has 0 unspecified atom stereocenters. The molecule has 4 rings (SSSR count). The molecule has 0 aliphatic heterocycles. The summed E-state index contributed by atoms with van der Waals surface area (Å²) in [4.78, 5) is 17.2. The van der Waals surface area contributed by atoms with E-state index in [9.17, 15) is 4.79 Å². The van der Waals surface area contributed by atoms with E-state index in [1.54, 1.807) is 13.0 Å². The van der Waals surface area contributed by atoms with Gasteiger partial charge < -0.3 is 4.74 Å². The molecule has 1 heterocycles.